The fraction of sp³-hybridized carbons (Fsp3) is 0.846. The predicted octanol–water partition coefficient (Wildman–Crippen LogP) is 3.68. The number of carbonyl (C=O) groups is 1. The van der Waals surface area contributed by atoms with E-state index >= 15 is 0 Å². The summed E-state index contributed by atoms with van der Waals surface area (Å²) in [6.07, 6.45) is 0. The van der Waals surface area contributed by atoms with Crippen LogP contribution in [0.1, 0.15) is 41.5 Å². The van der Waals surface area contributed by atoms with Crippen molar-refractivity contribution >= 4 is 34.1 Å². The highest BCUT2D eigenvalue weighted by Gasteiger charge is 2.54. The van der Waals surface area contributed by atoms with Crippen LogP contribution in [0.15, 0.2) is 0 Å². The lowest BCUT2D eigenvalue weighted by Gasteiger charge is -2.48. The monoisotopic (exact) mass is 274 g/mol. The third-order valence-corrected chi connectivity index (χ3v) is 5.11. The number of ketones is 1. The van der Waals surface area contributed by atoms with Gasteiger partial charge in [0.2, 0.25) is 4.38 Å². The second-order valence-corrected chi connectivity index (χ2v) is 8.25. The fourth-order valence-corrected chi connectivity index (χ4v) is 3.20. The molecule has 0 spiro atoms. The lowest BCUT2D eigenvalue weighted by molar-refractivity contribution is -0.137. The maximum atomic E-state index is 11.8. The largest absolute Gasteiger partial charge is 0.478 e. The van der Waals surface area contributed by atoms with Crippen molar-refractivity contribution in [3.63, 3.8) is 0 Å². The molecule has 2 atom stereocenters. The highest BCUT2D eigenvalue weighted by molar-refractivity contribution is 8.23. The van der Waals surface area contributed by atoms with E-state index in [1.807, 2.05) is 6.92 Å². The van der Waals surface area contributed by atoms with Crippen molar-refractivity contribution in [2.75, 3.05) is 6.61 Å². The van der Waals surface area contributed by atoms with Crippen LogP contribution in [-0.4, -0.2) is 22.0 Å². The quantitative estimate of drug-likeness (QED) is 0.718. The van der Waals surface area contributed by atoms with Gasteiger partial charge in [-0.25, -0.2) is 0 Å². The van der Waals surface area contributed by atoms with Gasteiger partial charge < -0.3 is 4.74 Å². The number of hydrogen-bond acceptors (Lipinski definition) is 4. The summed E-state index contributed by atoms with van der Waals surface area (Å²) < 4.78 is 6.03. The molecule has 0 aromatic rings. The van der Waals surface area contributed by atoms with Crippen molar-refractivity contribution < 1.29 is 9.53 Å². The average Bonchev–Trinajstić information content (AvgIpc) is 2.20. The Hall–Kier alpha value is -0.0900. The number of carbonyl (C=O) groups excluding carboxylic acids is 1. The summed E-state index contributed by atoms with van der Waals surface area (Å²) in [6.45, 7) is 13.1. The van der Waals surface area contributed by atoms with Gasteiger partial charge in [-0.2, -0.15) is 0 Å². The molecule has 1 aliphatic rings. The molecule has 1 fully saturated rings. The second kappa shape index (κ2) is 4.88. The molecule has 1 aliphatic carbocycles. The Kier molecular flexibility index (Phi) is 4.30. The molecule has 2 nitrogen and oxygen atoms in total. The van der Waals surface area contributed by atoms with Crippen LogP contribution in [-0.2, 0) is 9.53 Å². The predicted molar refractivity (Wildman–Crippen MR) is 77.3 cm³/mol. The minimum Gasteiger partial charge on any atom is -0.478 e. The van der Waals surface area contributed by atoms with Crippen LogP contribution in [0, 0.1) is 16.7 Å². The first-order chi connectivity index (χ1) is 7.55. The molecule has 0 heterocycles. The molecule has 98 valence electrons. The van der Waals surface area contributed by atoms with E-state index in [4.69, 9.17) is 17.0 Å². The number of thioether (sulfide) groups is 1. The van der Waals surface area contributed by atoms with Crippen molar-refractivity contribution in [3.05, 3.63) is 0 Å². The molecule has 17 heavy (non-hydrogen) atoms. The van der Waals surface area contributed by atoms with E-state index in [2.05, 4.69) is 34.6 Å². The van der Waals surface area contributed by atoms with Gasteiger partial charge in [-0.3, -0.25) is 4.79 Å². The summed E-state index contributed by atoms with van der Waals surface area (Å²) in [7, 11) is 0. The van der Waals surface area contributed by atoms with E-state index < -0.39 is 0 Å². The second-order valence-electron chi connectivity index (χ2n) is 6.54. The smallest absolute Gasteiger partial charge is 0.220 e. The topological polar surface area (TPSA) is 26.3 Å². The minimum absolute atomic E-state index is 0.0247. The van der Waals surface area contributed by atoms with Gasteiger partial charge in [0.1, 0.15) is 5.78 Å². The molecule has 0 aromatic heterocycles. The summed E-state index contributed by atoms with van der Waals surface area (Å²) in [5.41, 5.74) is 0.119. The fourth-order valence-electron chi connectivity index (χ4n) is 1.71. The molecule has 0 amide bonds. The molecule has 0 N–H and O–H groups in total. The normalized spacial score (nSPS) is 27.5. The zero-order chi connectivity index (χ0) is 13.4. The van der Waals surface area contributed by atoms with Crippen LogP contribution in [0.5, 0.6) is 0 Å². The molecule has 4 heteroatoms. The number of Topliss-reactive ketones (excluding diaryl/α,β-unsaturated/α-hetero) is 1. The molecular formula is C13H22O2S2. The van der Waals surface area contributed by atoms with Crippen molar-refractivity contribution in [1.29, 1.82) is 0 Å². The molecule has 0 aliphatic heterocycles. The van der Waals surface area contributed by atoms with Gasteiger partial charge in [-0.05, 0) is 23.0 Å². The van der Waals surface area contributed by atoms with Crippen LogP contribution >= 0.6 is 24.0 Å². The summed E-state index contributed by atoms with van der Waals surface area (Å²) in [4.78, 5) is 11.8. The van der Waals surface area contributed by atoms with Crippen LogP contribution in [0.4, 0.5) is 0 Å². The SMILES string of the molecule is CC1C(=O)C(SC(=S)OCC(C)(C)C)C1(C)C. The minimum atomic E-state index is -0.0371. The van der Waals surface area contributed by atoms with E-state index in [1.165, 1.54) is 11.8 Å². The first-order valence-corrected chi connectivity index (χ1v) is 7.21. The van der Waals surface area contributed by atoms with Crippen LogP contribution < -0.4 is 0 Å². The highest BCUT2D eigenvalue weighted by atomic mass is 32.2. The Morgan fingerprint density at radius 1 is 1.47 bits per heavy atom. The molecule has 0 aromatic carbocycles. The van der Waals surface area contributed by atoms with Gasteiger partial charge in [-0.15, -0.1) is 0 Å². The Morgan fingerprint density at radius 2 is 2.00 bits per heavy atom. The van der Waals surface area contributed by atoms with Gasteiger partial charge in [-0.1, -0.05) is 53.3 Å². The number of rotatable bonds is 2. The van der Waals surface area contributed by atoms with Gasteiger partial charge >= 0.3 is 0 Å². The summed E-state index contributed by atoms with van der Waals surface area (Å²) in [6, 6.07) is 0. The standard InChI is InChI=1S/C13H22O2S2/c1-8-9(14)10(13(8,5)6)17-11(16)15-7-12(2,3)4/h8,10H,7H2,1-6H3. The van der Waals surface area contributed by atoms with Crippen molar-refractivity contribution in [3.8, 4) is 0 Å². The Balaban J connectivity index is 2.45. The van der Waals surface area contributed by atoms with Gasteiger partial charge in [0.25, 0.3) is 0 Å². The van der Waals surface area contributed by atoms with E-state index in [1.54, 1.807) is 0 Å². The third-order valence-electron chi connectivity index (χ3n) is 3.31. The zero-order valence-electron chi connectivity index (χ0n) is 11.5. The maximum Gasteiger partial charge on any atom is 0.220 e. The summed E-state index contributed by atoms with van der Waals surface area (Å²) in [5.74, 6) is 0.423. The van der Waals surface area contributed by atoms with Crippen LogP contribution in [0.25, 0.3) is 0 Å². The van der Waals surface area contributed by atoms with E-state index in [-0.39, 0.29) is 22.0 Å². The first kappa shape index (κ1) is 15.0. The molecule has 0 bridgehead atoms. The van der Waals surface area contributed by atoms with Crippen molar-refractivity contribution in [1.82, 2.24) is 0 Å². The number of thiocarbonyl (C=S) groups is 1. The first-order valence-electron chi connectivity index (χ1n) is 5.93. The van der Waals surface area contributed by atoms with E-state index in [0.717, 1.165) is 0 Å². The van der Waals surface area contributed by atoms with Gasteiger partial charge in [0.15, 0.2) is 0 Å². The van der Waals surface area contributed by atoms with Crippen molar-refractivity contribution in [2.45, 2.75) is 46.8 Å². The Bertz CT molecular complexity index is 329. The molecule has 1 saturated carbocycles. The molecule has 2 unspecified atom stereocenters. The summed E-state index contributed by atoms with van der Waals surface area (Å²) >= 11 is 6.59. The lowest BCUT2D eigenvalue weighted by Crippen LogP contribution is -2.55. The molecule has 1 rings (SSSR count). The third kappa shape index (κ3) is 3.44. The van der Waals surface area contributed by atoms with Gasteiger partial charge in [0.05, 0.1) is 11.9 Å². The maximum absolute atomic E-state index is 11.8. The van der Waals surface area contributed by atoms with Crippen molar-refractivity contribution in [2.24, 2.45) is 16.7 Å². The average molecular weight is 274 g/mol. The molecule has 0 saturated heterocycles. The number of ether oxygens (including phenoxy) is 1. The van der Waals surface area contributed by atoms with Crippen LogP contribution in [0.3, 0.4) is 0 Å². The molecular weight excluding hydrogens is 252 g/mol. The van der Waals surface area contributed by atoms with Gasteiger partial charge in [0, 0.05) is 5.92 Å². The van der Waals surface area contributed by atoms with E-state index in [9.17, 15) is 4.79 Å². The summed E-state index contributed by atoms with van der Waals surface area (Å²) in [5, 5.41) is -0.0371. The number of hydrogen-bond donors (Lipinski definition) is 0. The zero-order valence-corrected chi connectivity index (χ0v) is 13.1. The lowest BCUT2D eigenvalue weighted by atomic mass is 9.62. The Labute approximate surface area is 114 Å². The molecule has 0 radical (unpaired) electrons. The van der Waals surface area contributed by atoms with Crippen LogP contribution in [0.2, 0.25) is 0 Å². The van der Waals surface area contributed by atoms with E-state index in [0.29, 0.717) is 16.8 Å². The highest BCUT2D eigenvalue weighted by Crippen LogP contribution is 2.49. The Morgan fingerprint density at radius 3 is 2.41 bits per heavy atom.